The SMILES string of the molecule is CCCn1c(CO)nnc1SC(C)c1ncc(C(C)(C)C)o1. The van der Waals surface area contributed by atoms with Crippen LogP contribution in [0.3, 0.4) is 0 Å². The Bertz CT molecular complexity index is 615. The molecule has 0 bridgehead atoms. The van der Waals surface area contributed by atoms with Crippen LogP contribution in [-0.2, 0) is 18.6 Å². The molecule has 0 aliphatic heterocycles. The molecule has 0 saturated heterocycles. The molecule has 0 aliphatic carbocycles. The molecule has 2 rings (SSSR count). The zero-order valence-corrected chi connectivity index (χ0v) is 14.6. The third-order valence-electron chi connectivity index (χ3n) is 3.27. The molecule has 0 aliphatic rings. The zero-order valence-electron chi connectivity index (χ0n) is 13.8. The van der Waals surface area contributed by atoms with E-state index in [-0.39, 0.29) is 17.3 Å². The maximum atomic E-state index is 9.34. The highest BCUT2D eigenvalue weighted by Gasteiger charge is 2.23. The van der Waals surface area contributed by atoms with Crippen molar-refractivity contribution in [3.8, 4) is 0 Å². The summed E-state index contributed by atoms with van der Waals surface area (Å²) >= 11 is 1.55. The molecule has 0 saturated carbocycles. The summed E-state index contributed by atoms with van der Waals surface area (Å²) in [5.41, 5.74) is -0.0536. The van der Waals surface area contributed by atoms with E-state index in [1.807, 2.05) is 11.5 Å². The van der Waals surface area contributed by atoms with Crippen molar-refractivity contribution in [3.05, 3.63) is 23.7 Å². The van der Waals surface area contributed by atoms with Crippen molar-refractivity contribution in [2.45, 2.75) is 70.0 Å². The molecule has 0 fully saturated rings. The third-order valence-corrected chi connectivity index (χ3v) is 4.34. The summed E-state index contributed by atoms with van der Waals surface area (Å²) in [6.45, 7) is 11.1. The first kappa shape index (κ1) is 17.0. The Kier molecular flexibility index (Phi) is 5.28. The van der Waals surface area contributed by atoms with Crippen LogP contribution in [0, 0.1) is 0 Å². The van der Waals surface area contributed by atoms with Crippen LogP contribution >= 0.6 is 11.8 Å². The quantitative estimate of drug-likeness (QED) is 0.821. The van der Waals surface area contributed by atoms with Crippen molar-refractivity contribution in [1.29, 1.82) is 0 Å². The highest BCUT2D eigenvalue weighted by Crippen LogP contribution is 2.35. The molecule has 2 heterocycles. The van der Waals surface area contributed by atoms with Gasteiger partial charge in [0.15, 0.2) is 11.0 Å². The Balaban J connectivity index is 2.16. The van der Waals surface area contributed by atoms with E-state index in [1.165, 1.54) is 0 Å². The summed E-state index contributed by atoms with van der Waals surface area (Å²) in [5.74, 6) is 2.16. The summed E-state index contributed by atoms with van der Waals surface area (Å²) in [4.78, 5) is 4.39. The van der Waals surface area contributed by atoms with Crippen LogP contribution < -0.4 is 0 Å². The Labute approximate surface area is 135 Å². The minimum atomic E-state index is -0.102. The number of aliphatic hydroxyl groups is 1. The lowest BCUT2D eigenvalue weighted by Crippen LogP contribution is -2.09. The average molecular weight is 324 g/mol. The molecule has 0 radical (unpaired) electrons. The van der Waals surface area contributed by atoms with Crippen molar-refractivity contribution in [2.75, 3.05) is 0 Å². The molecular weight excluding hydrogens is 300 g/mol. The molecule has 7 heteroatoms. The van der Waals surface area contributed by atoms with E-state index in [0.717, 1.165) is 23.9 Å². The van der Waals surface area contributed by atoms with E-state index < -0.39 is 0 Å². The van der Waals surface area contributed by atoms with Gasteiger partial charge in [0.2, 0.25) is 5.89 Å². The van der Waals surface area contributed by atoms with Gasteiger partial charge in [0, 0.05) is 12.0 Å². The number of rotatable bonds is 6. The number of aromatic nitrogens is 4. The van der Waals surface area contributed by atoms with E-state index >= 15 is 0 Å². The van der Waals surface area contributed by atoms with Gasteiger partial charge in [-0.05, 0) is 13.3 Å². The summed E-state index contributed by atoms with van der Waals surface area (Å²) in [5, 5.41) is 18.4. The molecule has 2 aromatic heterocycles. The monoisotopic (exact) mass is 324 g/mol. The highest BCUT2D eigenvalue weighted by atomic mass is 32.2. The van der Waals surface area contributed by atoms with Crippen LogP contribution in [0.2, 0.25) is 0 Å². The fourth-order valence-corrected chi connectivity index (χ4v) is 2.94. The maximum absolute atomic E-state index is 9.34. The number of aliphatic hydroxyl groups excluding tert-OH is 1. The number of thioether (sulfide) groups is 1. The van der Waals surface area contributed by atoms with Crippen LogP contribution in [0.4, 0.5) is 0 Å². The van der Waals surface area contributed by atoms with Gasteiger partial charge in [0.05, 0.1) is 11.4 Å². The van der Waals surface area contributed by atoms with E-state index in [2.05, 4.69) is 42.9 Å². The fourth-order valence-electron chi connectivity index (χ4n) is 2.00. The van der Waals surface area contributed by atoms with Crippen molar-refractivity contribution in [1.82, 2.24) is 19.7 Å². The summed E-state index contributed by atoms with van der Waals surface area (Å²) in [6, 6.07) is 0. The Morgan fingerprint density at radius 3 is 2.64 bits per heavy atom. The standard InChI is InChI=1S/C15H24N4O2S/c1-6-7-19-12(9-20)17-18-14(19)22-10(2)13-16-8-11(21-13)15(3,4)5/h8,10,20H,6-7,9H2,1-5H3. The largest absolute Gasteiger partial charge is 0.444 e. The molecule has 2 aromatic rings. The van der Waals surface area contributed by atoms with Crippen molar-refractivity contribution >= 4 is 11.8 Å². The van der Waals surface area contributed by atoms with Crippen LogP contribution in [-0.4, -0.2) is 24.9 Å². The van der Waals surface area contributed by atoms with Gasteiger partial charge in [-0.3, -0.25) is 0 Å². The lowest BCUT2D eigenvalue weighted by atomic mass is 9.94. The fraction of sp³-hybridized carbons (Fsp3) is 0.667. The smallest absolute Gasteiger partial charge is 0.207 e. The number of nitrogens with zero attached hydrogens (tertiary/aromatic N) is 4. The highest BCUT2D eigenvalue weighted by molar-refractivity contribution is 7.99. The van der Waals surface area contributed by atoms with Crippen molar-refractivity contribution in [3.63, 3.8) is 0 Å². The molecule has 22 heavy (non-hydrogen) atoms. The lowest BCUT2D eigenvalue weighted by Gasteiger charge is -2.14. The Morgan fingerprint density at radius 2 is 2.09 bits per heavy atom. The second-order valence-corrected chi connectivity index (χ2v) is 7.59. The molecule has 6 nitrogen and oxygen atoms in total. The van der Waals surface area contributed by atoms with Crippen LogP contribution in [0.1, 0.15) is 63.8 Å². The first-order chi connectivity index (χ1) is 10.4. The molecule has 1 unspecified atom stereocenters. The molecule has 1 N–H and O–H groups in total. The van der Waals surface area contributed by atoms with E-state index in [0.29, 0.717) is 11.7 Å². The van der Waals surface area contributed by atoms with Crippen molar-refractivity contribution < 1.29 is 9.52 Å². The first-order valence-electron chi connectivity index (χ1n) is 7.52. The van der Waals surface area contributed by atoms with Gasteiger partial charge >= 0.3 is 0 Å². The van der Waals surface area contributed by atoms with E-state index in [9.17, 15) is 5.11 Å². The first-order valence-corrected chi connectivity index (χ1v) is 8.40. The van der Waals surface area contributed by atoms with Crippen LogP contribution in [0.25, 0.3) is 0 Å². The minimum absolute atomic E-state index is 0.0300. The molecule has 0 aromatic carbocycles. The number of hydrogen-bond acceptors (Lipinski definition) is 6. The summed E-state index contributed by atoms with van der Waals surface area (Å²) in [7, 11) is 0. The van der Waals surface area contributed by atoms with Crippen molar-refractivity contribution in [2.24, 2.45) is 0 Å². The van der Waals surface area contributed by atoms with Gasteiger partial charge in [0.1, 0.15) is 12.4 Å². The van der Waals surface area contributed by atoms with Gasteiger partial charge in [0.25, 0.3) is 0 Å². The normalized spacial score (nSPS) is 13.5. The molecule has 0 amide bonds. The third kappa shape index (κ3) is 3.70. The van der Waals surface area contributed by atoms with Gasteiger partial charge in [-0.1, -0.05) is 39.5 Å². The Hall–Kier alpha value is -1.34. The predicted octanol–water partition coefficient (Wildman–Crippen LogP) is 3.32. The van der Waals surface area contributed by atoms with Crippen LogP contribution in [0.15, 0.2) is 15.8 Å². The number of hydrogen-bond donors (Lipinski definition) is 1. The van der Waals surface area contributed by atoms with E-state index in [1.54, 1.807) is 18.0 Å². The second kappa shape index (κ2) is 6.83. The Morgan fingerprint density at radius 1 is 1.36 bits per heavy atom. The van der Waals surface area contributed by atoms with Crippen LogP contribution in [0.5, 0.6) is 0 Å². The molecular formula is C15H24N4O2S. The summed E-state index contributed by atoms with van der Waals surface area (Å²) in [6.07, 6.45) is 2.75. The van der Waals surface area contributed by atoms with E-state index in [4.69, 9.17) is 4.42 Å². The average Bonchev–Trinajstić information content (AvgIpc) is 3.06. The predicted molar refractivity (Wildman–Crippen MR) is 85.7 cm³/mol. The topological polar surface area (TPSA) is 77.0 Å². The van der Waals surface area contributed by atoms with Gasteiger partial charge in [-0.2, -0.15) is 0 Å². The second-order valence-electron chi connectivity index (χ2n) is 6.28. The number of oxazole rings is 1. The van der Waals surface area contributed by atoms with Gasteiger partial charge in [-0.15, -0.1) is 10.2 Å². The molecule has 0 spiro atoms. The summed E-state index contributed by atoms with van der Waals surface area (Å²) < 4.78 is 7.83. The lowest BCUT2D eigenvalue weighted by molar-refractivity contribution is 0.263. The molecule has 122 valence electrons. The molecule has 1 atom stereocenters. The van der Waals surface area contributed by atoms with Gasteiger partial charge in [-0.25, -0.2) is 4.98 Å². The minimum Gasteiger partial charge on any atom is -0.444 e. The zero-order chi connectivity index (χ0) is 16.3. The van der Waals surface area contributed by atoms with Gasteiger partial charge < -0.3 is 14.1 Å². The maximum Gasteiger partial charge on any atom is 0.207 e.